The summed E-state index contributed by atoms with van der Waals surface area (Å²) in [5, 5.41) is 13.0. The van der Waals surface area contributed by atoms with Crippen molar-refractivity contribution in [2.45, 2.75) is 74.9 Å². The lowest BCUT2D eigenvalue weighted by Gasteiger charge is -2.14. The van der Waals surface area contributed by atoms with E-state index in [1.165, 1.54) is 0 Å². The number of rotatable bonds is 13. The number of hydrogen-bond donors (Lipinski definition) is 2. The van der Waals surface area contributed by atoms with Gasteiger partial charge in [0.2, 0.25) is 5.91 Å². The van der Waals surface area contributed by atoms with Crippen molar-refractivity contribution in [1.29, 1.82) is 0 Å². The Morgan fingerprint density at radius 3 is 1.67 bits per heavy atom. The SMILES string of the molecule is Cc1cc(N)nn1Cc1cc(Cl)ccc1OCC(C)C.Cc1cc(NC(=O)CC(C)C)nn1Cc1cc(Cl)ccc1OCC(C)C. The van der Waals surface area contributed by atoms with E-state index in [9.17, 15) is 4.79 Å². The molecule has 0 aliphatic heterocycles. The van der Waals surface area contributed by atoms with Crippen molar-refractivity contribution in [2.75, 3.05) is 24.3 Å². The normalized spacial score (nSPS) is 11.2. The van der Waals surface area contributed by atoms with Gasteiger partial charge in [-0.1, -0.05) is 64.7 Å². The maximum Gasteiger partial charge on any atom is 0.225 e. The van der Waals surface area contributed by atoms with Crippen LogP contribution in [0.3, 0.4) is 0 Å². The van der Waals surface area contributed by atoms with Crippen LogP contribution in [0, 0.1) is 31.6 Å². The van der Waals surface area contributed by atoms with Gasteiger partial charge in [-0.25, -0.2) is 0 Å². The molecule has 0 saturated heterocycles. The van der Waals surface area contributed by atoms with E-state index in [1.807, 2.05) is 85.6 Å². The number of nitrogens with two attached hydrogens (primary N) is 1. The van der Waals surface area contributed by atoms with Crippen molar-refractivity contribution in [1.82, 2.24) is 19.6 Å². The van der Waals surface area contributed by atoms with E-state index < -0.39 is 0 Å². The lowest BCUT2D eigenvalue weighted by atomic mass is 10.1. The van der Waals surface area contributed by atoms with E-state index >= 15 is 0 Å². The Morgan fingerprint density at radius 2 is 1.24 bits per heavy atom. The number of anilines is 2. The minimum absolute atomic E-state index is 0.0200. The van der Waals surface area contributed by atoms with Gasteiger partial charge in [0.05, 0.1) is 26.3 Å². The second-order valence-corrected chi connectivity index (χ2v) is 13.6. The Kier molecular flexibility index (Phi) is 13.8. The van der Waals surface area contributed by atoms with Crippen molar-refractivity contribution in [2.24, 2.45) is 17.8 Å². The van der Waals surface area contributed by atoms with Gasteiger partial charge >= 0.3 is 0 Å². The summed E-state index contributed by atoms with van der Waals surface area (Å²) in [4.78, 5) is 12.0. The maximum atomic E-state index is 12.0. The fraction of sp³-hybridized carbons (Fsp3) is 0.457. The van der Waals surface area contributed by atoms with Crippen LogP contribution in [0.4, 0.5) is 11.6 Å². The van der Waals surface area contributed by atoms with Gasteiger partial charge < -0.3 is 20.5 Å². The number of halogens is 2. The molecule has 9 nitrogen and oxygen atoms in total. The third-order valence-electron chi connectivity index (χ3n) is 6.67. The van der Waals surface area contributed by atoms with E-state index in [0.717, 1.165) is 34.0 Å². The highest BCUT2D eigenvalue weighted by Crippen LogP contribution is 2.26. The molecule has 0 radical (unpaired) electrons. The van der Waals surface area contributed by atoms with Gasteiger partial charge in [-0.15, -0.1) is 0 Å². The predicted octanol–water partition coefficient (Wildman–Crippen LogP) is 8.42. The number of benzene rings is 2. The summed E-state index contributed by atoms with van der Waals surface area (Å²) in [6, 6.07) is 15.0. The van der Waals surface area contributed by atoms with Crippen LogP contribution in [0.25, 0.3) is 0 Å². The molecule has 4 rings (SSSR count). The number of aromatic nitrogens is 4. The molecule has 0 atom stereocenters. The third kappa shape index (κ3) is 11.9. The Morgan fingerprint density at radius 1 is 0.761 bits per heavy atom. The standard InChI is InChI=1S/C20H28ClN3O2.C15H20ClN3O/c1-13(2)8-20(25)22-19-9-15(5)24(23-19)11-16-10-17(21)6-7-18(16)26-12-14(3)4;1-10(2)9-20-14-5-4-13(16)7-12(14)8-19-11(3)6-15(17)18-19/h6-7,9-10,13-14H,8,11-12H2,1-5H3,(H,22,23,25);4-7,10H,8-9H2,1-3H3,(H2,17,18). The van der Waals surface area contributed by atoms with Crippen molar-refractivity contribution in [3.8, 4) is 11.5 Å². The van der Waals surface area contributed by atoms with Gasteiger partial charge in [0.15, 0.2) is 5.82 Å². The summed E-state index contributed by atoms with van der Waals surface area (Å²) < 4.78 is 15.4. The van der Waals surface area contributed by atoms with E-state index in [-0.39, 0.29) is 5.91 Å². The Bertz CT molecular complexity index is 1580. The molecular formula is C35H48Cl2N6O3. The number of amides is 1. The third-order valence-corrected chi connectivity index (χ3v) is 7.14. The molecule has 0 spiro atoms. The zero-order chi connectivity index (χ0) is 34.0. The fourth-order valence-corrected chi connectivity index (χ4v) is 4.84. The Labute approximate surface area is 283 Å². The molecular weight excluding hydrogens is 623 g/mol. The summed E-state index contributed by atoms with van der Waals surface area (Å²) in [6.07, 6.45) is 0.480. The summed E-state index contributed by atoms with van der Waals surface area (Å²) >= 11 is 12.2. The molecule has 0 bridgehead atoms. The number of nitrogens with zero attached hydrogens (tertiary/aromatic N) is 4. The molecule has 0 unspecified atom stereocenters. The molecule has 0 saturated carbocycles. The van der Waals surface area contributed by atoms with Gasteiger partial charge in [0.1, 0.15) is 17.3 Å². The molecule has 0 fully saturated rings. The van der Waals surface area contributed by atoms with Crippen LogP contribution in [0.15, 0.2) is 48.5 Å². The molecule has 250 valence electrons. The highest BCUT2D eigenvalue weighted by Gasteiger charge is 2.13. The van der Waals surface area contributed by atoms with E-state index in [4.69, 9.17) is 38.4 Å². The highest BCUT2D eigenvalue weighted by atomic mass is 35.5. The first-order chi connectivity index (χ1) is 21.7. The second kappa shape index (κ2) is 17.3. The van der Waals surface area contributed by atoms with Crippen LogP contribution in [-0.2, 0) is 17.9 Å². The molecule has 2 aromatic carbocycles. The van der Waals surface area contributed by atoms with Crippen LogP contribution >= 0.6 is 23.2 Å². The number of hydrogen-bond acceptors (Lipinski definition) is 6. The Balaban J connectivity index is 0.000000259. The van der Waals surface area contributed by atoms with Crippen molar-refractivity contribution in [3.63, 3.8) is 0 Å². The van der Waals surface area contributed by atoms with E-state index in [1.54, 1.807) is 0 Å². The molecule has 11 heteroatoms. The summed E-state index contributed by atoms with van der Waals surface area (Å²) in [6.45, 7) is 18.9. The highest BCUT2D eigenvalue weighted by molar-refractivity contribution is 6.31. The zero-order valence-corrected chi connectivity index (χ0v) is 29.7. The van der Waals surface area contributed by atoms with Gasteiger partial charge in [-0.05, 0) is 68.0 Å². The predicted molar refractivity (Wildman–Crippen MR) is 188 cm³/mol. The van der Waals surface area contributed by atoms with Gasteiger partial charge in [0.25, 0.3) is 0 Å². The summed E-state index contributed by atoms with van der Waals surface area (Å²) in [5.74, 6) is 3.95. The van der Waals surface area contributed by atoms with Gasteiger partial charge in [-0.3, -0.25) is 14.2 Å². The maximum absolute atomic E-state index is 12.0. The van der Waals surface area contributed by atoms with E-state index in [2.05, 4.69) is 43.2 Å². The number of aryl methyl sites for hydroxylation is 2. The summed E-state index contributed by atoms with van der Waals surface area (Å²) in [5.41, 5.74) is 9.65. The zero-order valence-electron chi connectivity index (χ0n) is 28.2. The van der Waals surface area contributed by atoms with Crippen molar-refractivity contribution < 1.29 is 14.3 Å². The first-order valence-electron chi connectivity index (χ1n) is 15.7. The van der Waals surface area contributed by atoms with Crippen molar-refractivity contribution >= 4 is 40.7 Å². The molecule has 1 amide bonds. The lowest BCUT2D eigenvalue weighted by Crippen LogP contribution is -2.14. The number of carbonyl (C=O) groups excluding carboxylic acids is 1. The van der Waals surface area contributed by atoms with Crippen LogP contribution in [0.2, 0.25) is 10.0 Å². The molecule has 46 heavy (non-hydrogen) atoms. The summed E-state index contributed by atoms with van der Waals surface area (Å²) in [7, 11) is 0. The first-order valence-corrected chi connectivity index (χ1v) is 16.4. The molecule has 2 heterocycles. The number of nitrogen functional groups attached to an aromatic ring is 1. The van der Waals surface area contributed by atoms with Gasteiger partial charge in [-0.2, -0.15) is 10.2 Å². The Hall–Kier alpha value is -3.69. The topological polar surface area (TPSA) is 109 Å². The number of carbonyl (C=O) groups is 1. The minimum Gasteiger partial charge on any atom is -0.493 e. The lowest BCUT2D eigenvalue weighted by molar-refractivity contribution is -0.116. The molecule has 3 N–H and O–H groups in total. The van der Waals surface area contributed by atoms with Crippen LogP contribution < -0.4 is 20.5 Å². The number of ether oxygens (including phenoxy) is 2. The monoisotopic (exact) mass is 670 g/mol. The fourth-order valence-electron chi connectivity index (χ4n) is 4.45. The van der Waals surface area contributed by atoms with Crippen LogP contribution in [0.5, 0.6) is 11.5 Å². The molecule has 4 aromatic rings. The quantitative estimate of drug-likeness (QED) is 0.148. The molecule has 0 aliphatic rings. The average Bonchev–Trinajstić information content (AvgIpc) is 3.45. The van der Waals surface area contributed by atoms with Gasteiger partial charge in [0, 0.05) is 51.1 Å². The molecule has 0 aliphatic carbocycles. The van der Waals surface area contributed by atoms with E-state index in [0.29, 0.717) is 72.2 Å². The first kappa shape index (κ1) is 36.8. The largest absolute Gasteiger partial charge is 0.493 e. The van der Waals surface area contributed by atoms with Crippen LogP contribution in [-0.4, -0.2) is 38.7 Å². The minimum atomic E-state index is -0.0200. The average molecular weight is 672 g/mol. The van der Waals surface area contributed by atoms with Crippen LogP contribution in [0.1, 0.15) is 70.5 Å². The second-order valence-electron chi connectivity index (χ2n) is 12.8. The van der Waals surface area contributed by atoms with Crippen molar-refractivity contribution in [3.05, 3.63) is 81.1 Å². The molecule has 2 aromatic heterocycles. The smallest absolute Gasteiger partial charge is 0.225 e. The number of nitrogens with one attached hydrogen (secondary N) is 1.